The van der Waals surface area contributed by atoms with Crippen molar-refractivity contribution in [2.24, 2.45) is 0 Å². The topological polar surface area (TPSA) is 78.9 Å². The fourth-order valence-corrected chi connectivity index (χ4v) is 4.90. The quantitative estimate of drug-likeness (QED) is 0.0344. The number of hydrogen-bond donors (Lipinski definition) is 0. The molecule has 0 atom stereocenters. The monoisotopic (exact) mass is 594 g/mol. The lowest BCUT2D eigenvalue weighted by molar-refractivity contribution is -0.146. The number of esters is 3. The normalized spacial score (nSPS) is 11.5. The SMILES string of the molecule is CCCCCCCCCCOC(=O)C=C(CC(=O)OCCCCCCCCCC)C(=O)OCCCCCCCCCC. The van der Waals surface area contributed by atoms with Crippen molar-refractivity contribution in [3.05, 3.63) is 11.6 Å². The lowest BCUT2D eigenvalue weighted by Crippen LogP contribution is -2.17. The molecule has 0 N–H and O–H groups in total. The van der Waals surface area contributed by atoms with Gasteiger partial charge in [-0.15, -0.1) is 0 Å². The Kier molecular flexibility index (Phi) is 30.7. The fraction of sp³-hybridized carbons (Fsp3) is 0.861. The van der Waals surface area contributed by atoms with Crippen molar-refractivity contribution in [2.75, 3.05) is 19.8 Å². The molecule has 0 saturated carbocycles. The average molecular weight is 595 g/mol. The molecule has 0 fully saturated rings. The van der Waals surface area contributed by atoms with Crippen molar-refractivity contribution in [3.8, 4) is 0 Å². The van der Waals surface area contributed by atoms with Crippen LogP contribution in [-0.2, 0) is 28.6 Å². The van der Waals surface area contributed by atoms with E-state index in [0.29, 0.717) is 13.2 Å². The van der Waals surface area contributed by atoms with Gasteiger partial charge in [-0.1, -0.05) is 156 Å². The molecule has 0 saturated heterocycles. The molecule has 0 aliphatic heterocycles. The van der Waals surface area contributed by atoms with Crippen molar-refractivity contribution in [1.82, 2.24) is 0 Å². The van der Waals surface area contributed by atoms with Gasteiger partial charge in [0.1, 0.15) is 0 Å². The predicted molar refractivity (Wildman–Crippen MR) is 173 cm³/mol. The molecular weight excluding hydrogens is 528 g/mol. The second-order valence-electron chi connectivity index (χ2n) is 11.8. The molecule has 0 bridgehead atoms. The highest BCUT2D eigenvalue weighted by molar-refractivity contribution is 5.99. The Bertz CT molecular complexity index is 672. The Balaban J connectivity index is 4.51. The van der Waals surface area contributed by atoms with Crippen molar-refractivity contribution in [1.29, 1.82) is 0 Å². The summed E-state index contributed by atoms with van der Waals surface area (Å²) in [6.07, 6.45) is 28.5. The third-order valence-corrected chi connectivity index (χ3v) is 7.62. The summed E-state index contributed by atoms with van der Waals surface area (Å²) in [6, 6.07) is 0. The van der Waals surface area contributed by atoms with Crippen molar-refractivity contribution >= 4 is 17.9 Å². The number of hydrogen-bond acceptors (Lipinski definition) is 6. The maximum absolute atomic E-state index is 12.8. The summed E-state index contributed by atoms with van der Waals surface area (Å²) >= 11 is 0. The molecule has 0 aromatic carbocycles. The maximum Gasteiger partial charge on any atom is 0.334 e. The van der Waals surface area contributed by atoms with Crippen molar-refractivity contribution in [3.63, 3.8) is 0 Å². The van der Waals surface area contributed by atoms with Gasteiger partial charge < -0.3 is 14.2 Å². The first-order chi connectivity index (χ1) is 20.5. The standard InChI is InChI=1S/C36H66O6/c1-4-7-10-13-16-19-22-25-28-40-34(37)31-33(36(39)42-30-27-24-21-18-15-12-9-6-3)32-35(38)41-29-26-23-20-17-14-11-8-5-2/h31H,4-30,32H2,1-3H3. The Morgan fingerprint density at radius 1 is 0.429 bits per heavy atom. The maximum atomic E-state index is 12.8. The van der Waals surface area contributed by atoms with Gasteiger partial charge in [0, 0.05) is 6.08 Å². The zero-order valence-electron chi connectivity index (χ0n) is 27.8. The Morgan fingerprint density at radius 2 is 0.762 bits per heavy atom. The molecule has 0 spiro atoms. The molecule has 0 amide bonds. The molecule has 0 radical (unpaired) electrons. The Hall–Kier alpha value is -1.85. The minimum Gasteiger partial charge on any atom is -0.465 e. The molecule has 6 heteroatoms. The first-order valence-corrected chi connectivity index (χ1v) is 17.7. The first-order valence-electron chi connectivity index (χ1n) is 17.7. The minimum atomic E-state index is -0.633. The van der Waals surface area contributed by atoms with Crippen molar-refractivity contribution in [2.45, 2.75) is 181 Å². The van der Waals surface area contributed by atoms with E-state index in [9.17, 15) is 14.4 Å². The highest BCUT2D eigenvalue weighted by atomic mass is 16.5. The van der Waals surface area contributed by atoms with Crippen LogP contribution in [0.3, 0.4) is 0 Å². The summed E-state index contributed by atoms with van der Waals surface area (Å²) in [5, 5.41) is 0. The second-order valence-corrected chi connectivity index (χ2v) is 11.8. The number of unbranched alkanes of at least 4 members (excludes halogenated alkanes) is 21. The van der Waals surface area contributed by atoms with E-state index >= 15 is 0 Å². The summed E-state index contributed by atoms with van der Waals surface area (Å²) in [6.45, 7) is 7.57. The molecule has 0 aromatic heterocycles. The number of carbonyl (C=O) groups excluding carboxylic acids is 3. The molecule has 6 nitrogen and oxygen atoms in total. The summed E-state index contributed by atoms with van der Waals surface area (Å²) < 4.78 is 16.1. The zero-order chi connectivity index (χ0) is 30.9. The van der Waals surface area contributed by atoms with Crippen LogP contribution < -0.4 is 0 Å². The largest absolute Gasteiger partial charge is 0.465 e. The smallest absolute Gasteiger partial charge is 0.334 e. The van der Waals surface area contributed by atoms with Crippen LogP contribution in [0, 0.1) is 0 Å². The second kappa shape index (κ2) is 32.1. The van der Waals surface area contributed by atoms with Gasteiger partial charge >= 0.3 is 17.9 Å². The van der Waals surface area contributed by atoms with Gasteiger partial charge in [-0.05, 0) is 19.3 Å². The van der Waals surface area contributed by atoms with E-state index in [-0.39, 0.29) is 18.6 Å². The fourth-order valence-electron chi connectivity index (χ4n) is 4.90. The molecule has 246 valence electrons. The van der Waals surface area contributed by atoms with Crippen LogP contribution in [0.15, 0.2) is 11.6 Å². The van der Waals surface area contributed by atoms with Crippen LogP contribution in [0.1, 0.15) is 181 Å². The summed E-state index contributed by atoms with van der Waals surface area (Å²) in [5.41, 5.74) is 0.0106. The number of carbonyl (C=O) groups is 3. The number of ether oxygens (including phenoxy) is 3. The number of rotatable bonds is 31. The van der Waals surface area contributed by atoms with Crippen LogP contribution >= 0.6 is 0 Å². The average Bonchev–Trinajstić information content (AvgIpc) is 2.98. The van der Waals surface area contributed by atoms with Crippen molar-refractivity contribution < 1.29 is 28.6 Å². The zero-order valence-corrected chi connectivity index (χ0v) is 27.8. The van der Waals surface area contributed by atoms with Gasteiger partial charge in [0.2, 0.25) is 0 Å². The van der Waals surface area contributed by atoms with Gasteiger partial charge in [0.15, 0.2) is 0 Å². The molecule has 0 heterocycles. The van der Waals surface area contributed by atoms with Gasteiger partial charge in [0.25, 0.3) is 0 Å². The van der Waals surface area contributed by atoms with E-state index in [0.717, 1.165) is 63.9 Å². The molecular formula is C36H66O6. The Morgan fingerprint density at radius 3 is 1.17 bits per heavy atom. The van der Waals surface area contributed by atoms with Gasteiger partial charge in [-0.25, -0.2) is 9.59 Å². The van der Waals surface area contributed by atoms with E-state index in [1.807, 2.05) is 0 Å². The third-order valence-electron chi connectivity index (χ3n) is 7.62. The summed E-state index contributed by atoms with van der Waals surface area (Å²) in [4.78, 5) is 37.7. The third kappa shape index (κ3) is 28.3. The highest BCUT2D eigenvalue weighted by Gasteiger charge is 2.19. The molecule has 0 aliphatic carbocycles. The molecule has 0 unspecified atom stereocenters. The first kappa shape index (κ1) is 40.1. The minimum absolute atomic E-state index is 0.0106. The van der Waals surface area contributed by atoms with Crippen LogP contribution in [0.25, 0.3) is 0 Å². The van der Waals surface area contributed by atoms with Crippen LogP contribution in [-0.4, -0.2) is 37.7 Å². The van der Waals surface area contributed by atoms with E-state index in [1.54, 1.807) is 0 Å². The molecule has 0 aliphatic rings. The van der Waals surface area contributed by atoms with Gasteiger partial charge in [-0.2, -0.15) is 0 Å². The lowest BCUT2D eigenvalue weighted by atomic mass is 10.1. The van der Waals surface area contributed by atoms with Crippen LogP contribution in [0.2, 0.25) is 0 Å². The molecule has 0 rings (SSSR count). The van der Waals surface area contributed by atoms with E-state index < -0.39 is 17.9 Å². The molecule has 0 aromatic rings. The highest BCUT2D eigenvalue weighted by Crippen LogP contribution is 2.13. The van der Waals surface area contributed by atoms with Crippen LogP contribution in [0.5, 0.6) is 0 Å². The van der Waals surface area contributed by atoms with Gasteiger partial charge in [0.05, 0.1) is 31.8 Å². The van der Waals surface area contributed by atoms with E-state index in [2.05, 4.69) is 20.8 Å². The summed E-state index contributed by atoms with van der Waals surface area (Å²) in [7, 11) is 0. The Labute approximate surface area is 259 Å². The summed E-state index contributed by atoms with van der Waals surface area (Å²) in [5.74, 6) is -1.75. The van der Waals surface area contributed by atoms with E-state index in [4.69, 9.17) is 14.2 Å². The van der Waals surface area contributed by atoms with Gasteiger partial charge in [-0.3, -0.25) is 4.79 Å². The lowest BCUT2D eigenvalue weighted by Gasteiger charge is -2.10. The van der Waals surface area contributed by atoms with E-state index in [1.165, 1.54) is 96.3 Å². The predicted octanol–water partition coefficient (Wildman–Crippen LogP) is 10.4. The molecule has 42 heavy (non-hydrogen) atoms. The van der Waals surface area contributed by atoms with Crippen LogP contribution in [0.4, 0.5) is 0 Å².